The van der Waals surface area contributed by atoms with Gasteiger partial charge in [-0.05, 0) is 30.9 Å². The second-order valence-corrected chi connectivity index (χ2v) is 8.43. The molecule has 0 radical (unpaired) electrons. The Morgan fingerprint density at radius 1 is 1.18 bits per heavy atom. The number of hydrogen-bond acceptors (Lipinski definition) is 7. The Morgan fingerprint density at radius 3 is 2.82 bits per heavy atom. The first-order chi connectivity index (χ1) is 16.6. The van der Waals surface area contributed by atoms with Crippen molar-refractivity contribution in [3.8, 4) is 23.6 Å². The van der Waals surface area contributed by atoms with Gasteiger partial charge in [-0.2, -0.15) is 0 Å². The quantitative estimate of drug-likeness (QED) is 0.357. The SMILES string of the molecule is C#Cc1nccc(NC(=C)N2CCC(Nc3ncc(Cl)c(-c4c[nH]c5ccccc45)n3)CC2)n1. The Bertz CT molecular complexity index is 1380. The van der Waals surface area contributed by atoms with Crippen LogP contribution in [0.4, 0.5) is 11.8 Å². The van der Waals surface area contributed by atoms with Crippen LogP contribution >= 0.6 is 11.6 Å². The molecule has 1 saturated heterocycles. The van der Waals surface area contributed by atoms with Crippen LogP contribution in [0.1, 0.15) is 18.7 Å². The van der Waals surface area contributed by atoms with Crippen molar-refractivity contribution in [1.82, 2.24) is 29.8 Å². The second kappa shape index (κ2) is 9.41. The zero-order valence-electron chi connectivity index (χ0n) is 18.4. The van der Waals surface area contributed by atoms with Crippen molar-refractivity contribution in [3.05, 3.63) is 72.2 Å². The van der Waals surface area contributed by atoms with E-state index in [0.29, 0.717) is 28.3 Å². The molecule has 3 aromatic heterocycles. The summed E-state index contributed by atoms with van der Waals surface area (Å²) in [4.78, 5) is 22.9. The smallest absolute Gasteiger partial charge is 0.223 e. The molecule has 1 aliphatic rings. The van der Waals surface area contributed by atoms with Gasteiger partial charge in [0.25, 0.3) is 0 Å². The lowest BCUT2D eigenvalue weighted by Crippen LogP contribution is -2.40. The number of aromatic nitrogens is 5. The molecule has 0 unspecified atom stereocenters. The lowest BCUT2D eigenvalue weighted by atomic mass is 10.1. The number of aromatic amines is 1. The van der Waals surface area contributed by atoms with Gasteiger partial charge in [-0.1, -0.05) is 36.4 Å². The van der Waals surface area contributed by atoms with Crippen molar-refractivity contribution in [1.29, 1.82) is 0 Å². The van der Waals surface area contributed by atoms with E-state index in [-0.39, 0.29) is 6.04 Å². The van der Waals surface area contributed by atoms with Crippen LogP contribution in [0, 0.1) is 12.3 Å². The molecule has 1 aromatic carbocycles. The first-order valence-corrected chi connectivity index (χ1v) is 11.3. The molecule has 1 aliphatic heterocycles. The van der Waals surface area contributed by atoms with Gasteiger partial charge in [-0.15, -0.1) is 6.42 Å². The Kier molecular flexibility index (Phi) is 6.02. The van der Waals surface area contributed by atoms with Gasteiger partial charge < -0.3 is 20.5 Å². The number of rotatable bonds is 6. The monoisotopic (exact) mass is 470 g/mol. The highest BCUT2D eigenvalue weighted by atomic mass is 35.5. The topological polar surface area (TPSA) is 94.7 Å². The molecular formula is C25H23ClN8. The predicted molar refractivity (Wildman–Crippen MR) is 135 cm³/mol. The minimum atomic E-state index is 0.244. The minimum absolute atomic E-state index is 0.244. The highest BCUT2D eigenvalue weighted by Gasteiger charge is 2.22. The summed E-state index contributed by atoms with van der Waals surface area (Å²) < 4.78 is 0. The molecule has 1 fully saturated rings. The van der Waals surface area contributed by atoms with Crippen LogP contribution in [-0.2, 0) is 0 Å². The molecule has 4 aromatic rings. The van der Waals surface area contributed by atoms with Crippen LogP contribution < -0.4 is 10.6 Å². The van der Waals surface area contributed by atoms with Crippen molar-refractivity contribution in [2.75, 3.05) is 23.7 Å². The van der Waals surface area contributed by atoms with Crippen LogP contribution in [0.2, 0.25) is 5.02 Å². The van der Waals surface area contributed by atoms with Crippen LogP contribution in [0.3, 0.4) is 0 Å². The van der Waals surface area contributed by atoms with E-state index in [9.17, 15) is 0 Å². The van der Waals surface area contributed by atoms with E-state index in [0.717, 1.165) is 48.2 Å². The van der Waals surface area contributed by atoms with Gasteiger partial charge in [0.1, 0.15) is 5.82 Å². The van der Waals surface area contributed by atoms with Gasteiger partial charge in [-0.3, -0.25) is 0 Å². The standard InChI is InChI=1S/C25H23ClN8/c1-3-22-27-11-8-23(32-22)30-16(2)34-12-9-17(10-13-34)31-25-29-15-20(26)24(33-25)19-14-28-21-7-5-4-6-18(19)21/h1,4-8,11,14-15,17,28H,2,9-10,12-13H2,(H,27,30,32)(H,29,31,33). The number of benzene rings is 1. The maximum absolute atomic E-state index is 6.46. The zero-order valence-corrected chi connectivity index (χ0v) is 19.2. The summed E-state index contributed by atoms with van der Waals surface area (Å²) in [7, 11) is 0. The van der Waals surface area contributed by atoms with Gasteiger partial charge in [0.15, 0.2) is 0 Å². The molecule has 4 heterocycles. The average molecular weight is 471 g/mol. The van der Waals surface area contributed by atoms with E-state index in [4.69, 9.17) is 23.0 Å². The van der Waals surface area contributed by atoms with Gasteiger partial charge >= 0.3 is 0 Å². The van der Waals surface area contributed by atoms with E-state index in [1.165, 1.54) is 0 Å². The maximum Gasteiger partial charge on any atom is 0.223 e. The van der Waals surface area contributed by atoms with Crippen molar-refractivity contribution in [2.45, 2.75) is 18.9 Å². The summed E-state index contributed by atoms with van der Waals surface area (Å²) in [6, 6.07) is 10.1. The molecule has 0 saturated carbocycles. The molecule has 0 aliphatic carbocycles. The van der Waals surface area contributed by atoms with Gasteiger partial charge in [0.05, 0.1) is 22.7 Å². The summed E-state index contributed by atoms with van der Waals surface area (Å²) in [6.07, 6.45) is 12.4. The Balaban J connectivity index is 1.22. The molecule has 34 heavy (non-hydrogen) atoms. The van der Waals surface area contributed by atoms with Crippen LogP contribution in [0.5, 0.6) is 0 Å². The molecular weight excluding hydrogens is 448 g/mol. The molecule has 9 heteroatoms. The van der Waals surface area contributed by atoms with Crippen molar-refractivity contribution >= 4 is 34.3 Å². The van der Waals surface area contributed by atoms with Crippen molar-refractivity contribution in [3.63, 3.8) is 0 Å². The van der Waals surface area contributed by atoms with E-state index in [1.54, 1.807) is 18.5 Å². The molecule has 5 rings (SSSR count). The third-order valence-corrected chi connectivity index (χ3v) is 6.13. The molecule has 3 N–H and O–H groups in total. The van der Waals surface area contributed by atoms with Crippen molar-refractivity contribution in [2.24, 2.45) is 0 Å². The normalized spacial score (nSPS) is 14.1. The van der Waals surface area contributed by atoms with E-state index >= 15 is 0 Å². The van der Waals surface area contributed by atoms with Gasteiger partial charge in [0, 0.05) is 48.0 Å². The summed E-state index contributed by atoms with van der Waals surface area (Å²) >= 11 is 6.46. The number of anilines is 2. The number of nitrogens with zero attached hydrogens (tertiary/aromatic N) is 5. The summed E-state index contributed by atoms with van der Waals surface area (Å²) in [5, 5.41) is 8.28. The Morgan fingerprint density at radius 2 is 2.00 bits per heavy atom. The fraction of sp³-hybridized carbons (Fsp3) is 0.200. The number of halogens is 1. The highest BCUT2D eigenvalue weighted by Crippen LogP contribution is 2.32. The summed E-state index contributed by atoms with van der Waals surface area (Å²) in [5.41, 5.74) is 2.71. The second-order valence-electron chi connectivity index (χ2n) is 8.03. The summed E-state index contributed by atoms with van der Waals surface area (Å²) in [6.45, 7) is 5.82. The molecule has 8 nitrogen and oxygen atoms in total. The van der Waals surface area contributed by atoms with Crippen LogP contribution in [-0.4, -0.2) is 49.0 Å². The molecule has 0 bridgehead atoms. The van der Waals surface area contributed by atoms with E-state index in [2.05, 4.69) is 54.0 Å². The fourth-order valence-electron chi connectivity index (χ4n) is 4.09. The predicted octanol–water partition coefficient (Wildman–Crippen LogP) is 4.51. The highest BCUT2D eigenvalue weighted by molar-refractivity contribution is 6.33. The first kappa shape index (κ1) is 21.7. The lowest BCUT2D eigenvalue weighted by Gasteiger charge is -2.35. The zero-order chi connectivity index (χ0) is 23.5. The Hall–Kier alpha value is -4.09. The number of hydrogen-bond donors (Lipinski definition) is 3. The van der Waals surface area contributed by atoms with E-state index < -0.39 is 0 Å². The number of para-hydroxylation sites is 1. The first-order valence-electron chi connectivity index (χ1n) is 11.0. The largest absolute Gasteiger partial charge is 0.360 e. The number of H-pyrrole nitrogens is 1. The number of terminal acetylenes is 1. The third kappa shape index (κ3) is 4.51. The number of piperidine rings is 1. The van der Waals surface area contributed by atoms with E-state index in [1.807, 2.05) is 24.4 Å². The molecule has 0 spiro atoms. The maximum atomic E-state index is 6.46. The van der Waals surface area contributed by atoms with Crippen LogP contribution in [0.15, 0.2) is 61.3 Å². The average Bonchev–Trinajstić information content (AvgIpc) is 3.30. The fourth-order valence-corrected chi connectivity index (χ4v) is 4.29. The molecule has 0 atom stereocenters. The van der Waals surface area contributed by atoms with Gasteiger partial charge in [0.2, 0.25) is 11.8 Å². The summed E-state index contributed by atoms with van der Waals surface area (Å²) in [5.74, 6) is 4.77. The minimum Gasteiger partial charge on any atom is -0.360 e. The van der Waals surface area contributed by atoms with Crippen LogP contribution in [0.25, 0.3) is 22.2 Å². The Labute approximate surface area is 202 Å². The third-order valence-electron chi connectivity index (χ3n) is 5.86. The van der Waals surface area contributed by atoms with Gasteiger partial charge in [-0.25, -0.2) is 19.9 Å². The number of nitrogens with one attached hydrogen (secondary N) is 3. The number of likely N-dealkylation sites (tertiary alicyclic amines) is 1. The molecule has 0 amide bonds. The number of fused-ring (bicyclic) bond motifs is 1. The lowest BCUT2D eigenvalue weighted by molar-refractivity contribution is 0.275. The van der Waals surface area contributed by atoms with Crippen molar-refractivity contribution < 1.29 is 0 Å². The molecule has 170 valence electrons.